The smallest absolute Gasteiger partial charge is 0.307 e. The van der Waals surface area contributed by atoms with Gasteiger partial charge >= 0.3 is 5.97 Å². The molecule has 4 rings (SSSR count). The van der Waals surface area contributed by atoms with Gasteiger partial charge in [-0.05, 0) is 47.9 Å². The zero-order chi connectivity index (χ0) is 16.8. The zero-order valence-corrected chi connectivity index (χ0v) is 13.3. The van der Waals surface area contributed by atoms with Crippen molar-refractivity contribution in [3.05, 3.63) is 29.0 Å². The van der Waals surface area contributed by atoms with E-state index in [4.69, 9.17) is 16.7 Å². The number of carbonyl (C=O) groups is 2. The summed E-state index contributed by atoms with van der Waals surface area (Å²) in [6.07, 6.45) is 2.47. The number of carbonyl (C=O) groups excluding carboxylic acids is 1. The number of nitrogens with one attached hydrogen (secondary N) is 1. The Morgan fingerprint density at radius 1 is 1.29 bits per heavy atom. The Morgan fingerprint density at radius 3 is 2.75 bits per heavy atom. The van der Waals surface area contributed by atoms with E-state index in [0.29, 0.717) is 28.7 Å². The van der Waals surface area contributed by atoms with E-state index in [-0.39, 0.29) is 5.91 Å². The SMILES string of the molecule is O=C(O)C1CC1C(=O)Nc1ccc(Cl)c(-n2nnnc2C2CC2)c1. The molecule has 0 bridgehead atoms. The first kappa shape index (κ1) is 15.1. The molecular formula is C15H14ClN5O3. The lowest BCUT2D eigenvalue weighted by Crippen LogP contribution is -2.17. The molecule has 2 N–H and O–H groups in total. The van der Waals surface area contributed by atoms with Gasteiger partial charge in [-0.15, -0.1) is 5.10 Å². The van der Waals surface area contributed by atoms with E-state index in [2.05, 4.69) is 20.8 Å². The van der Waals surface area contributed by atoms with Crippen molar-refractivity contribution < 1.29 is 14.7 Å². The number of aromatic nitrogens is 4. The van der Waals surface area contributed by atoms with Crippen LogP contribution in [0.15, 0.2) is 18.2 Å². The number of hydrogen-bond acceptors (Lipinski definition) is 5. The van der Waals surface area contributed by atoms with Gasteiger partial charge in [0.15, 0.2) is 5.82 Å². The van der Waals surface area contributed by atoms with Gasteiger partial charge in [0.2, 0.25) is 5.91 Å². The second kappa shape index (κ2) is 5.55. The highest BCUT2D eigenvalue weighted by atomic mass is 35.5. The first-order chi connectivity index (χ1) is 11.5. The molecule has 0 spiro atoms. The van der Waals surface area contributed by atoms with E-state index < -0.39 is 17.8 Å². The molecule has 24 heavy (non-hydrogen) atoms. The van der Waals surface area contributed by atoms with Crippen molar-refractivity contribution in [2.45, 2.75) is 25.2 Å². The summed E-state index contributed by atoms with van der Waals surface area (Å²) in [4.78, 5) is 23.0. The molecule has 1 heterocycles. The Hall–Kier alpha value is -2.48. The molecule has 9 heteroatoms. The molecule has 2 aliphatic carbocycles. The molecule has 1 aromatic heterocycles. The van der Waals surface area contributed by atoms with Crippen molar-refractivity contribution >= 4 is 29.2 Å². The number of aliphatic carboxylic acids is 1. The topological polar surface area (TPSA) is 110 Å². The number of hydrogen-bond donors (Lipinski definition) is 2. The fourth-order valence-corrected chi connectivity index (χ4v) is 2.90. The quantitative estimate of drug-likeness (QED) is 0.854. The van der Waals surface area contributed by atoms with E-state index in [1.165, 1.54) is 0 Å². The number of amides is 1. The average molecular weight is 348 g/mol. The fourth-order valence-electron chi connectivity index (χ4n) is 2.71. The second-order valence-electron chi connectivity index (χ2n) is 6.17. The molecule has 0 radical (unpaired) electrons. The maximum absolute atomic E-state index is 12.1. The summed E-state index contributed by atoms with van der Waals surface area (Å²) in [5.41, 5.74) is 1.12. The molecule has 2 aromatic rings. The van der Waals surface area contributed by atoms with Gasteiger partial charge in [0.05, 0.1) is 22.5 Å². The number of halogens is 1. The Kier molecular flexibility index (Phi) is 3.49. The van der Waals surface area contributed by atoms with E-state index >= 15 is 0 Å². The van der Waals surface area contributed by atoms with Gasteiger partial charge in [-0.1, -0.05) is 11.6 Å². The molecule has 2 aliphatic rings. The molecular weight excluding hydrogens is 334 g/mol. The molecule has 2 fully saturated rings. The number of carboxylic acid groups (broad SMARTS) is 1. The maximum atomic E-state index is 12.1. The first-order valence-electron chi connectivity index (χ1n) is 7.66. The lowest BCUT2D eigenvalue weighted by molar-refractivity contribution is -0.139. The molecule has 124 valence electrons. The first-order valence-corrected chi connectivity index (χ1v) is 8.04. The molecule has 2 saturated carbocycles. The molecule has 2 atom stereocenters. The van der Waals surface area contributed by atoms with E-state index in [0.717, 1.165) is 18.7 Å². The number of rotatable bonds is 5. The predicted octanol–water partition coefficient (Wildman–Crippen LogP) is 1.85. The maximum Gasteiger partial charge on any atom is 0.307 e. The third-order valence-electron chi connectivity index (χ3n) is 4.32. The summed E-state index contributed by atoms with van der Waals surface area (Å²) < 4.78 is 1.59. The van der Waals surface area contributed by atoms with Gasteiger partial charge in [0.1, 0.15) is 0 Å². The Bertz CT molecular complexity index is 832. The third-order valence-corrected chi connectivity index (χ3v) is 4.64. The van der Waals surface area contributed by atoms with Gasteiger partial charge in [0, 0.05) is 11.6 Å². The summed E-state index contributed by atoms with van der Waals surface area (Å²) in [7, 11) is 0. The number of benzene rings is 1. The van der Waals surface area contributed by atoms with E-state index in [1.54, 1.807) is 22.9 Å². The molecule has 2 unspecified atom stereocenters. The van der Waals surface area contributed by atoms with Crippen LogP contribution >= 0.6 is 11.6 Å². The van der Waals surface area contributed by atoms with Crippen LogP contribution in [0, 0.1) is 11.8 Å². The van der Waals surface area contributed by atoms with Crippen molar-refractivity contribution in [2.75, 3.05) is 5.32 Å². The van der Waals surface area contributed by atoms with Gasteiger partial charge in [-0.25, -0.2) is 0 Å². The van der Waals surface area contributed by atoms with Crippen LogP contribution in [0.25, 0.3) is 5.69 Å². The standard InChI is InChI=1S/C15H14ClN5O3/c16-11-4-3-8(17-14(22)9-6-10(9)15(23)24)5-12(11)21-13(7-1-2-7)18-19-20-21/h3-5,7,9-10H,1-2,6H2,(H,17,22)(H,23,24). The highest BCUT2D eigenvalue weighted by Gasteiger charge is 2.48. The van der Waals surface area contributed by atoms with Crippen LogP contribution in [-0.4, -0.2) is 37.2 Å². The number of nitrogens with zero attached hydrogens (tertiary/aromatic N) is 4. The van der Waals surface area contributed by atoms with Crippen LogP contribution in [0.1, 0.15) is 31.0 Å². The van der Waals surface area contributed by atoms with Crippen LogP contribution in [0.2, 0.25) is 5.02 Å². The normalized spacial score (nSPS) is 22.2. The highest BCUT2D eigenvalue weighted by Crippen LogP contribution is 2.41. The summed E-state index contributed by atoms with van der Waals surface area (Å²) in [5.74, 6) is -1.19. The van der Waals surface area contributed by atoms with Gasteiger partial charge in [-0.2, -0.15) is 4.68 Å². The summed E-state index contributed by atoms with van der Waals surface area (Å²) in [5, 5.41) is 23.9. The minimum absolute atomic E-state index is 0.296. The monoisotopic (exact) mass is 347 g/mol. The average Bonchev–Trinajstić information content (AvgIpc) is 3.46. The van der Waals surface area contributed by atoms with Crippen LogP contribution in [-0.2, 0) is 9.59 Å². The fraction of sp³-hybridized carbons (Fsp3) is 0.400. The van der Waals surface area contributed by atoms with Crippen LogP contribution in [0.4, 0.5) is 5.69 Å². The summed E-state index contributed by atoms with van der Waals surface area (Å²) in [6, 6.07) is 5.02. The number of carboxylic acids is 1. The molecule has 1 amide bonds. The number of anilines is 1. The Morgan fingerprint density at radius 2 is 2.08 bits per heavy atom. The minimum Gasteiger partial charge on any atom is -0.481 e. The van der Waals surface area contributed by atoms with Gasteiger partial charge in [-0.3, -0.25) is 9.59 Å². The van der Waals surface area contributed by atoms with Crippen molar-refractivity contribution in [2.24, 2.45) is 11.8 Å². The second-order valence-corrected chi connectivity index (χ2v) is 6.57. The van der Waals surface area contributed by atoms with Crippen molar-refractivity contribution in [1.82, 2.24) is 20.2 Å². The van der Waals surface area contributed by atoms with Crippen molar-refractivity contribution in [3.63, 3.8) is 0 Å². The molecule has 0 aliphatic heterocycles. The van der Waals surface area contributed by atoms with E-state index in [9.17, 15) is 9.59 Å². The van der Waals surface area contributed by atoms with Gasteiger partial charge in [0.25, 0.3) is 0 Å². The Balaban J connectivity index is 1.56. The minimum atomic E-state index is -0.935. The highest BCUT2D eigenvalue weighted by molar-refractivity contribution is 6.32. The third kappa shape index (κ3) is 2.73. The molecule has 1 aromatic carbocycles. The van der Waals surface area contributed by atoms with Crippen molar-refractivity contribution in [3.8, 4) is 5.69 Å². The van der Waals surface area contributed by atoms with E-state index in [1.807, 2.05) is 0 Å². The summed E-state index contributed by atoms with van der Waals surface area (Å²) >= 11 is 6.25. The Labute approximate surface area is 141 Å². The van der Waals surface area contributed by atoms with Crippen molar-refractivity contribution in [1.29, 1.82) is 0 Å². The van der Waals surface area contributed by atoms with Gasteiger partial charge < -0.3 is 10.4 Å². The van der Waals surface area contributed by atoms with Crippen LogP contribution < -0.4 is 5.32 Å². The predicted molar refractivity (Wildman–Crippen MR) is 84.0 cm³/mol. The summed E-state index contributed by atoms with van der Waals surface area (Å²) in [6.45, 7) is 0. The lowest BCUT2D eigenvalue weighted by Gasteiger charge is -2.10. The lowest BCUT2D eigenvalue weighted by atomic mass is 10.2. The number of tetrazole rings is 1. The molecule has 0 saturated heterocycles. The van der Waals surface area contributed by atoms with Crippen LogP contribution in [0.5, 0.6) is 0 Å². The largest absolute Gasteiger partial charge is 0.481 e. The molecule has 8 nitrogen and oxygen atoms in total. The van der Waals surface area contributed by atoms with Crippen LogP contribution in [0.3, 0.4) is 0 Å². The zero-order valence-electron chi connectivity index (χ0n) is 12.5.